The summed E-state index contributed by atoms with van der Waals surface area (Å²) in [7, 11) is 0. The molecular weight excluding hydrogens is 322 g/mol. The zero-order valence-corrected chi connectivity index (χ0v) is 14.6. The van der Waals surface area contributed by atoms with Gasteiger partial charge in [0, 0.05) is 30.6 Å². The van der Waals surface area contributed by atoms with Gasteiger partial charge in [0.25, 0.3) is 0 Å². The molecule has 0 saturated carbocycles. The molecule has 4 rings (SSSR count). The minimum atomic E-state index is 0.0309. The molecule has 0 aromatic heterocycles. The van der Waals surface area contributed by atoms with Gasteiger partial charge in [0.1, 0.15) is 6.54 Å². The predicted molar refractivity (Wildman–Crippen MR) is 95.3 cm³/mol. The zero-order chi connectivity index (χ0) is 16.5. The Kier molecular flexibility index (Phi) is 4.50. The Morgan fingerprint density at radius 3 is 2.96 bits per heavy atom. The van der Waals surface area contributed by atoms with Gasteiger partial charge in [0.05, 0.1) is 11.4 Å². The van der Waals surface area contributed by atoms with Crippen LogP contribution in [0.25, 0.3) is 0 Å². The van der Waals surface area contributed by atoms with Crippen LogP contribution in [-0.2, 0) is 9.59 Å². The summed E-state index contributed by atoms with van der Waals surface area (Å²) in [6, 6.07) is 8.37. The Balaban J connectivity index is 1.45. The highest BCUT2D eigenvalue weighted by atomic mass is 32.2. The van der Waals surface area contributed by atoms with Crippen molar-refractivity contribution in [1.29, 1.82) is 0 Å². The van der Waals surface area contributed by atoms with Crippen molar-refractivity contribution in [2.75, 3.05) is 43.4 Å². The summed E-state index contributed by atoms with van der Waals surface area (Å²) in [4.78, 5) is 32.4. The topological polar surface area (TPSA) is 43.9 Å². The van der Waals surface area contributed by atoms with Crippen molar-refractivity contribution in [3.63, 3.8) is 0 Å². The maximum absolute atomic E-state index is 12.8. The Morgan fingerprint density at radius 2 is 2.04 bits per heavy atom. The summed E-state index contributed by atoms with van der Waals surface area (Å²) in [5.41, 5.74) is 0.878. The SMILES string of the molecule is O=C(CN1C(=O)CSc2ccccc21)N1CCN2CCCC[C@H]2C1. The normalized spacial score (nSPS) is 24.5. The second kappa shape index (κ2) is 6.76. The second-order valence-corrected chi connectivity index (χ2v) is 7.78. The van der Waals surface area contributed by atoms with Crippen LogP contribution in [0.15, 0.2) is 29.2 Å². The zero-order valence-electron chi connectivity index (χ0n) is 13.8. The molecule has 3 aliphatic heterocycles. The van der Waals surface area contributed by atoms with Gasteiger partial charge in [-0.25, -0.2) is 0 Å². The van der Waals surface area contributed by atoms with E-state index in [0.29, 0.717) is 11.8 Å². The van der Waals surface area contributed by atoms with E-state index in [2.05, 4.69) is 4.90 Å². The molecule has 24 heavy (non-hydrogen) atoms. The number of benzene rings is 1. The first-order valence-electron chi connectivity index (χ1n) is 8.76. The summed E-state index contributed by atoms with van der Waals surface area (Å²) in [5.74, 6) is 0.527. The third kappa shape index (κ3) is 3.05. The van der Waals surface area contributed by atoms with E-state index in [1.807, 2.05) is 29.2 Å². The summed E-state index contributed by atoms with van der Waals surface area (Å²) < 4.78 is 0. The highest BCUT2D eigenvalue weighted by Crippen LogP contribution is 2.34. The summed E-state index contributed by atoms with van der Waals surface area (Å²) >= 11 is 1.56. The van der Waals surface area contributed by atoms with Crippen LogP contribution < -0.4 is 4.90 Å². The standard InChI is InChI=1S/C18H23N3O2S/c22-17(20-10-9-19-8-4-3-5-14(19)11-20)12-21-15-6-1-2-7-16(15)24-13-18(21)23/h1-2,6-7,14H,3-5,8-13H2/t14-/m0/s1. The van der Waals surface area contributed by atoms with E-state index in [4.69, 9.17) is 0 Å². The first-order chi connectivity index (χ1) is 11.7. The maximum Gasteiger partial charge on any atom is 0.242 e. The van der Waals surface area contributed by atoms with E-state index < -0.39 is 0 Å². The fourth-order valence-corrected chi connectivity index (χ4v) is 4.88. The van der Waals surface area contributed by atoms with Gasteiger partial charge in [-0.3, -0.25) is 14.5 Å². The van der Waals surface area contributed by atoms with Gasteiger partial charge in [-0.2, -0.15) is 0 Å². The molecule has 2 fully saturated rings. The number of hydrogen-bond acceptors (Lipinski definition) is 4. The minimum absolute atomic E-state index is 0.0309. The van der Waals surface area contributed by atoms with Crippen molar-refractivity contribution in [2.45, 2.75) is 30.2 Å². The van der Waals surface area contributed by atoms with Crippen LogP contribution in [0, 0.1) is 0 Å². The average molecular weight is 345 g/mol. The van der Waals surface area contributed by atoms with Crippen LogP contribution in [-0.4, -0.2) is 66.1 Å². The number of anilines is 1. The van der Waals surface area contributed by atoms with Crippen molar-refractivity contribution in [1.82, 2.24) is 9.80 Å². The molecule has 2 amide bonds. The van der Waals surface area contributed by atoms with Crippen LogP contribution in [0.1, 0.15) is 19.3 Å². The predicted octanol–water partition coefficient (Wildman–Crippen LogP) is 1.82. The number of fused-ring (bicyclic) bond motifs is 2. The lowest BCUT2D eigenvalue weighted by molar-refractivity contribution is -0.134. The van der Waals surface area contributed by atoms with Gasteiger partial charge in [-0.05, 0) is 31.5 Å². The summed E-state index contributed by atoms with van der Waals surface area (Å²) in [6.45, 7) is 3.91. The minimum Gasteiger partial charge on any atom is -0.338 e. The highest BCUT2D eigenvalue weighted by molar-refractivity contribution is 8.00. The van der Waals surface area contributed by atoms with Gasteiger partial charge in [-0.15, -0.1) is 11.8 Å². The third-order valence-electron chi connectivity index (χ3n) is 5.29. The number of hydrogen-bond donors (Lipinski definition) is 0. The Hall–Kier alpha value is -1.53. The number of carbonyl (C=O) groups excluding carboxylic acids is 2. The number of amides is 2. The largest absolute Gasteiger partial charge is 0.338 e. The molecule has 0 bridgehead atoms. The third-order valence-corrected chi connectivity index (χ3v) is 6.34. The van der Waals surface area contributed by atoms with Crippen molar-refractivity contribution < 1.29 is 9.59 Å². The molecule has 0 spiro atoms. The number of rotatable bonds is 2. The number of carbonyl (C=O) groups is 2. The van der Waals surface area contributed by atoms with Crippen LogP contribution in [0.3, 0.4) is 0 Å². The maximum atomic E-state index is 12.8. The van der Waals surface area contributed by atoms with E-state index in [-0.39, 0.29) is 18.4 Å². The molecule has 3 aliphatic rings. The van der Waals surface area contributed by atoms with Crippen molar-refractivity contribution >= 4 is 29.3 Å². The van der Waals surface area contributed by atoms with Crippen molar-refractivity contribution in [2.24, 2.45) is 0 Å². The van der Waals surface area contributed by atoms with Crippen LogP contribution in [0.2, 0.25) is 0 Å². The molecule has 1 aromatic rings. The average Bonchev–Trinajstić information content (AvgIpc) is 2.63. The quantitative estimate of drug-likeness (QED) is 0.820. The van der Waals surface area contributed by atoms with Gasteiger partial charge in [0.2, 0.25) is 11.8 Å². The molecule has 5 nitrogen and oxygen atoms in total. The summed E-state index contributed by atoms with van der Waals surface area (Å²) in [5, 5.41) is 0. The van der Waals surface area contributed by atoms with Crippen molar-refractivity contribution in [3.8, 4) is 0 Å². The van der Waals surface area contributed by atoms with E-state index in [1.165, 1.54) is 25.8 Å². The van der Waals surface area contributed by atoms with Crippen LogP contribution in [0.5, 0.6) is 0 Å². The number of piperidine rings is 1. The van der Waals surface area contributed by atoms with Gasteiger partial charge in [0.15, 0.2) is 0 Å². The molecule has 1 atom stereocenters. The molecule has 0 aliphatic carbocycles. The molecule has 128 valence electrons. The number of thioether (sulfide) groups is 1. The molecule has 2 saturated heterocycles. The summed E-state index contributed by atoms with van der Waals surface area (Å²) in [6.07, 6.45) is 3.73. The molecular formula is C18H23N3O2S. The highest BCUT2D eigenvalue weighted by Gasteiger charge is 2.33. The number of para-hydroxylation sites is 1. The van der Waals surface area contributed by atoms with Gasteiger partial charge in [-0.1, -0.05) is 18.6 Å². The second-order valence-electron chi connectivity index (χ2n) is 6.76. The van der Waals surface area contributed by atoms with E-state index in [0.717, 1.165) is 30.2 Å². The lowest BCUT2D eigenvalue weighted by Gasteiger charge is -2.44. The molecule has 0 radical (unpaired) electrons. The smallest absolute Gasteiger partial charge is 0.242 e. The Morgan fingerprint density at radius 1 is 1.17 bits per heavy atom. The van der Waals surface area contributed by atoms with Gasteiger partial charge >= 0.3 is 0 Å². The number of piperazine rings is 1. The first kappa shape index (κ1) is 16.0. The van der Waals surface area contributed by atoms with E-state index in [1.54, 1.807) is 16.7 Å². The van der Waals surface area contributed by atoms with E-state index in [9.17, 15) is 9.59 Å². The van der Waals surface area contributed by atoms with Crippen LogP contribution in [0.4, 0.5) is 5.69 Å². The molecule has 0 unspecified atom stereocenters. The van der Waals surface area contributed by atoms with E-state index >= 15 is 0 Å². The number of nitrogens with zero attached hydrogens (tertiary/aromatic N) is 3. The van der Waals surface area contributed by atoms with Gasteiger partial charge < -0.3 is 9.80 Å². The fraction of sp³-hybridized carbons (Fsp3) is 0.556. The molecule has 0 N–H and O–H groups in total. The monoisotopic (exact) mass is 345 g/mol. The lowest BCUT2D eigenvalue weighted by atomic mass is 9.99. The van der Waals surface area contributed by atoms with Crippen LogP contribution >= 0.6 is 11.8 Å². The van der Waals surface area contributed by atoms with Crippen molar-refractivity contribution in [3.05, 3.63) is 24.3 Å². The first-order valence-corrected chi connectivity index (χ1v) is 9.75. The fourth-order valence-electron chi connectivity index (χ4n) is 3.95. The molecule has 1 aromatic carbocycles. The Labute approximate surface area is 147 Å². The molecule has 3 heterocycles. The lowest BCUT2D eigenvalue weighted by Crippen LogP contribution is -2.58. The Bertz CT molecular complexity index is 651. The molecule has 6 heteroatoms.